The number of rotatable bonds is 6. The third kappa shape index (κ3) is 3.81. The van der Waals surface area contributed by atoms with Crippen LogP contribution in [0, 0.1) is 10.1 Å². The Morgan fingerprint density at radius 1 is 1.03 bits per heavy atom. The van der Waals surface area contributed by atoms with Gasteiger partial charge in [0.25, 0.3) is 17.5 Å². The lowest BCUT2D eigenvalue weighted by molar-refractivity contribution is -0.385. The molecule has 0 N–H and O–H groups in total. The summed E-state index contributed by atoms with van der Waals surface area (Å²) in [5.74, 6) is -3.10. The van der Waals surface area contributed by atoms with Gasteiger partial charge in [0.15, 0.2) is 12.4 Å². The van der Waals surface area contributed by atoms with Crippen molar-refractivity contribution in [2.75, 3.05) is 13.2 Å². The first-order valence-corrected chi connectivity index (χ1v) is 9.81. The molecular weight excluding hydrogens is 404 g/mol. The largest absolute Gasteiger partial charge is 0.456 e. The lowest BCUT2D eigenvalue weighted by Gasteiger charge is -2.16. The number of nitro benzene ring substituents is 1. The number of ether oxygens (including phenoxy) is 1. The summed E-state index contributed by atoms with van der Waals surface area (Å²) in [4.78, 5) is 60.4. The summed E-state index contributed by atoms with van der Waals surface area (Å²) >= 11 is 0. The van der Waals surface area contributed by atoms with Gasteiger partial charge in [0.1, 0.15) is 12.1 Å². The van der Waals surface area contributed by atoms with E-state index in [4.69, 9.17) is 4.74 Å². The predicted molar refractivity (Wildman–Crippen MR) is 107 cm³/mol. The van der Waals surface area contributed by atoms with Crippen molar-refractivity contribution < 1.29 is 28.8 Å². The number of imide groups is 1. The van der Waals surface area contributed by atoms with Crippen LogP contribution in [0.3, 0.4) is 0 Å². The minimum absolute atomic E-state index is 0.142. The second-order valence-corrected chi connectivity index (χ2v) is 7.43. The number of Topliss-reactive ketones (excluding diaryl/α,β-unsaturated/α-hetero) is 1. The normalized spacial score (nSPS) is 14.8. The first kappa shape index (κ1) is 20.4. The van der Waals surface area contributed by atoms with E-state index < -0.39 is 41.5 Å². The molecule has 0 unspecified atom stereocenters. The van der Waals surface area contributed by atoms with Crippen LogP contribution in [0.5, 0.6) is 0 Å². The van der Waals surface area contributed by atoms with E-state index in [2.05, 4.69) is 0 Å². The van der Waals surface area contributed by atoms with E-state index in [1.807, 2.05) is 12.1 Å². The number of nitrogens with zero attached hydrogens (tertiary/aromatic N) is 2. The van der Waals surface area contributed by atoms with Crippen molar-refractivity contribution in [2.24, 2.45) is 0 Å². The summed E-state index contributed by atoms with van der Waals surface area (Å²) in [7, 11) is 0. The summed E-state index contributed by atoms with van der Waals surface area (Å²) in [6.45, 7) is -1.26. The number of carbonyl (C=O) groups is 4. The Labute approximate surface area is 176 Å². The lowest BCUT2D eigenvalue weighted by Crippen LogP contribution is -2.36. The molecule has 2 aromatic carbocycles. The molecule has 9 heteroatoms. The van der Waals surface area contributed by atoms with Gasteiger partial charge in [-0.05, 0) is 48.9 Å². The monoisotopic (exact) mass is 422 g/mol. The summed E-state index contributed by atoms with van der Waals surface area (Å²) in [5.41, 5.74) is 1.78. The summed E-state index contributed by atoms with van der Waals surface area (Å²) in [5, 5.41) is 11.1. The van der Waals surface area contributed by atoms with Gasteiger partial charge >= 0.3 is 5.97 Å². The van der Waals surface area contributed by atoms with E-state index in [1.165, 1.54) is 17.7 Å². The Balaban J connectivity index is 1.40. The molecule has 0 bridgehead atoms. The van der Waals surface area contributed by atoms with Crippen LogP contribution in [0.4, 0.5) is 5.69 Å². The molecule has 0 aromatic heterocycles. The predicted octanol–water partition coefficient (Wildman–Crippen LogP) is 2.50. The third-order valence-electron chi connectivity index (χ3n) is 5.50. The Morgan fingerprint density at radius 2 is 1.77 bits per heavy atom. The zero-order valence-electron chi connectivity index (χ0n) is 16.5. The van der Waals surface area contributed by atoms with Crippen LogP contribution < -0.4 is 0 Å². The summed E-state index contributed by atoms with van der Waals surface area (Å²) < 4.78 is 4.97. The maximum absolute atomic E-state index is 12.5. The van der Waals surface area contributed by atoms with Crippen molar-refractivity contribution in [3.8, 4) is 0 Å². The maximum Gasteiger partial charge on any atom is 0.326 e. The molecule has 1 aliphatic carbocycles. The number of benzene rings is 2. The second-order valence-electron chi connectivity index (χ2n) is 7.43. The molecule has 4 rings (SSSR count). The molecule has 0 saturated carbocycles. The van der Waals surface area contributed by atoms with Crippen molar-refractivity contribution in [3.05, 3.63) is 74.3 Å². The number of aryl methyl sites for hydroxylation is 2. The van der Waals surface area contributed by atoms with Crippen LogP contribution in [-0.4, -0.2) is 46.5 Å². The molecule has 0 spiro atoms. The summed E-state index contributed by atoms with van der Waals surface area (Å²) in [6, 6.07) is 9.12. The number of hydrogen-bond acceptors (Lipinski definition) is 7. The molecule has 1 heterocycles. The average molecular weight is 422 g/mol. The maximum atomic E-state index is 12.5. The average Bonchev–Trinajstić information content (AvgIpc) is 3.02. The molecule has 2 amide bonds. The SMILES string of the molecule is O=C(CN1C(=O)c2cccc([N+](=O)[O-])c2C1=O)OCC(=O)c1ccc2c(c1)CCCC2. The fourth-order valence-electron chi connectivity index (χ4n) is 3.92. The van der Waals surface area contributed by atoms with Gasteiger partial charge in [0.05, 0.1) is 10.5 Å². The zero-order chi connectivity index (χ0) is 22.1. The molecule has 1 aliphatic heterocycles. The molecule has 2 aliphatic rings. The topological polar surface area (TPSA) is 124 Å². The summed E-state index contributed by atoms with van der Waals surface area (Å²) in [6.07, 6.45) is 4.08. The van der Waals surface area contributed by atoms with Gasteiger partial charge in [-0.15, -0.1) is 0 Å². The van der Waals surface area contributed by atoms with Gasteiger partial charge < -0.3 is 4.74 Å². The standard InChI is InChI=1S/C22H18N2O7/c25-18(15-9-8-13-4-1-2-5-14(13)10-15)12-31-19(26)11-23-21(27)16-6-3-7-17(24(29)30)20(16)22(23)28/h3,6-10H,1-2,4-5,11-12H2. The van der Waals surface area contributed by atoms with Crippen molar-refractivity contribution in [1.29, 1.82) is 0 Å². The molecule has 158 valence electrons. The van der Waals surface area contributed by atoms with Crippen molar-refractivity contribution in [3.63, 3.8) is 0 Å². The first-order chi connectivity index (χ1) is 14.9. The van der Waals surface area contributed by atoms with Gasteiger partial charge in [-0.1, -0.05) is 18.2 Å². The molecule has 31 heavy (non-hydrogen) atoms. The minimum Gasteiger partial charge on any atom is -0.456 e. The molecule has 0 atom stereocenters. The number of hydrogen-bond donors (Lipinski definition) is 0. The van der Waals surface area contributed by atoms with E-state index in [9.17, 15) is 29.3 Å². The van der Waals surface area contributed by atoms with Crippen LogP contribution >= 0.6 is 0 Å². The van der Waals surface area contributed by atoms with Crippen molar-refractivity contribution in [1.82, 2.24) is 4.90 Å². The highest BCUT2D eigenvalue weighted by Gasteiger charge is 2.42. The van der Waals surface area contributed by atoms with E-state index in [0.29, 0.717) is 10.5 Å². The van der Waals surface area contributed by atoms with E-state index in [-0.39, 0.29) is 16.9 Å². The van der Waals surface area contributed by atoms with Crippen LogP contribution in [0.15, 0.2) is 36.4 Å². The Morgan fingerprint density at radius 3 is 2.52 bits per heavy atom. The molecule has 0 saturated heterocycles. The molecule has 0 fully saturated rings. The van der Waals surface area contributed by atoms with Crippen LogP contribution in [0.2, 0.25) is 0 Å². The molecule has 2 aromatic rings. The van der Waals surface area contributed by atoms with Gasteiger partial charge in [-0.2, -0.15) is 0 Å². The van der Waals surface area contributed by atoms with Gasteiger partial charge in [0, 0.05) is 11.6 Å². The third-order valence-corrected chi connectivity index (χ3v) is 5.50. The number of fused-ring (bicyclic) bond motifs is 2. The highest BCUT2D eigenvalue weighted by molar-refractivity contribution is 6.24. The van der Waals surface area contributed by atoms with Gasteiger partial charge in [-0.3, -0.25) is 34.2 Å². The van der Waals surface area contributed by atoms with Crippen LogP contribution in [-0.2, 0) is 22.4 Å². The number of carbonyl (C=O) groups excluding carboxylic acids is 4. The van der Waals surface area contributed by atoms with E-state index in [1.54, 1.807) is 6.07 Å². The Kier molecular flexibility index (Phi) is 5.33. The van der Waals surface area contributed by atoms with Crippen molar-refractivity contribution >= 4 is 29.3 Å². The fourth-order valence-corrected chi connectivity index (χ4v) is 3.92. The highest BCUT2D eigenvalue weighted by Crippen LogP contribution is 2.30. The van der Waals surface area contributed by atoms with E-state index in [0.717, 1.165) is 37.3 Å². The number of ketones is 1. The number of amides is 2. The lowest BCUT2D eigenvalue weighted by atomic mass is 9.90. The van der Waals surface area contributed by atoms with Crippen LogP contribution in [0.25, 0.3) is 0 Å². The first-order valence-electron chi connectivity index (χ1n) is 9.81. The quantitative estimate of drug-likeness (QED) is 0.230. The molecular formula is C22H18N2O7. The van der Waals surface area contributed by atoms with Gasteiger partial charge in [0.2, 0.25) is 0 Å². The minimum atomic E-state index is -0.955. The highest BCUT2D eigenvalue weighted by atomic mass is 16.6. The number of nitro groups is 1. The fraction of sp³-hybridized carbons (Fsp3) is 0.273. The van der Waals surface area contributed by atoms with Crippen molar-refractivity contribution in [2.45, 2.75) is 25.7 Å². The Bertz CT molecular complexity index is 1140. The molecule has 9 nitrogen and oxygen atoms in total. The second kappa shape index (κ2) is 8.10. The smallest absolute Gasteiger partial charge is 0.326 e. The van der Waals surface area contributed by atoms with Crippen LogP contribution in [0.1, 0.15) is 55.0 Å². The van der Waals surface area contributed by atoms with E-state index >= 15 is 0 Å². The zero-order valence-corrected chi connectivity index (χ0v) is 16.5. The van der Waals surface area contributed by atoms with Gasteiger partial charge in [-0.25, -0.2) is 0 Å². The Hall–Kier alpha value is -3.88. The molecule has 0 radical (unpaired) electrons. The number of esters is 1.